The van der Waals surface area contributed by atoms with Gasteiger partial charge in [0.25, 0.3) is 0 Å². The minimum Gasteiger partial charge on any atom is -0.464 e. The van der Waals surface area contributed by atoms with Crippen molar-refractivity contribution in [2.75, 3.05) is 6.61 Å². The van der Waals surface area contributed by atoms with Crippen LogP contribution in [0.2, 0.25) is 0 Å². The Kier molecular flexibility index (Phi) is 2.34. The summed E-state index contributed by atoms with van der Waals surface area (Å²) in [5.41, 5.74) is 0. The summed E-state index contributed by atoms with van der Waals surface area (Å²) in [5.74, 6) is -0.781. The third-order valence-electron chi connectivity index (χ3n) is 1.38. The molecule has 1 N–H and O–H groups in total. The molecule has 0 unspecified atom stereocenters. The van der Waals surface area contributed by atoms with Gasteiger partial charge in [-0.25, -0.2) is 4.79 Å². The molecule has 0 bridgehead atoms. The molecule has 1 aliphatic heterocycles. The number of esters is 1. The minimum atomic E-state index is -0.756. The SMILES string of the molecule is CCOC(=O)[C@@H]1NC(=O)[C@H]1Cl. The number of nitrogens with one attached hydrogen (secondary N) is 1. The van der Waals surface area contributed by atoms with Crippen LogP contribution in [0.15, 0.2) is 0 Å². The molecule has 5 heteroatoms. The number of halogens is 1. The van der Waals surface area contributed by atoms with Crippen LogP contribution in [0.5, 0.6) is 0 Å². The van der Waals surface area contributed by atoms with Crippen LogP contribution >= 0.6 is 11.6 Å². The molecule has 1 heterocycles. The summed E-state index contributed by atoms with van der Waals surface area (Å²) >= 11 is 5.48. The lowest BCUT2D eigenvalue weighted by molar-refractivity contribution is -0.152. The first-order valence-corrected chi connectivity index (χ1v) is 3.71. The molecular formula is C6H8ClNO3. The third-order valence-corrected chi connectivity index (χ3v) is 1.83. The highest BCUT2D eigenvalue weighted by Gasteiger charge is 2.43. The molecule has 11 heavy (non-hydrogen) atoms. The van der Waals surface area contributed by atoms with Crippen LogP contribution in [0, 0.1) is 0 Å². The van der Waals surface area contributed by atoms with Crippen molar-refractivity contribution in [3.63, 3.8) is 0 Å². The molecule has 1 rings (SSSR count). The smallest absolute Gasteiger partial charge is 0.330 e. The van der Waals surface area contributed by atoms with Gasteiger partial charge in [-0.2, -0.15) is 0 Å². The summed E-state index contributed by atoms with van der Waals surface area (Å²) in [7, 11) is 0. The molecule has 0 aromatic carbocycles. The van der Waals surface area contributed by atoms with Gasteiger partial charge in [-0.3, -0.25) is 4.79 Å². The molecule has 0 saturated carbocycles. The monoisotopic (exact) mass is 177 g/mol. The highest BCUT2D eigenvalue weighted by atomic mass is 35.5. The van der Waals surface area contributed by atoms with E-state index < -0.39 is 17.4 Å². The molecule has 0 aromatic heterocycles. The Morgan fingerprint density at radius 3 is 2.82 bits per heavy atom. The lowest BCUT2D eigenvalue weighted by Crippen LogP contribution is -2.63. The molecule has 0 spiro atoms. The number of ether oxygens (including phenoxy) is 1. The molecule has 62 valence electrons. The van der Waals surface area contributed by atoms with Gasteiger partial charge >= 0.3 is 5.97 Å². The van der Waals surface area contributed by atoms with Gasteiger partial charge in [0.2, 0.25) is 5.91 Å². The average molecular weight is 178 g/mol. The van der Waals surface area contributed by atoms with Crippen molar-refractivity contribution in [1.82, 2.24) is 5.32 Å². The quantitative estimate of drug-likeness (QED) is 0.357. The molecule has 0 aliphatic carbocycles. The van der Waals surface area contributed by atoms with Crippen molar-refractivity contribution in [2.45, 2.75) is 18.3 Å². The number of carbonyl (C=O) groups excluding carboxylic acids is 2. The van der Waals surface area contributed by atoms with E-state index in [1.54, 1.807) is 6.92 Å². The van der Waals surface area contributed by atoms with Crippen molar-refractivity contribution in [3.8, 4) is 0 Å². The summed E-state index contributed by atoms with van der Waals surface area (Å²) < 4.78 is 4.63. The van der Waals surface area contributed by atoms with Crippen molar-refractivity contribution in [3.05, 3.63) is 0 Å². The fraction of sp³-hybridized carbons (Fsp3) is 0.667. The topological polar surface area (TPSA) is 55.4 Å². The van der Waals surface area contributed by atoms with Crippen LogP contribution in [0.25, 0.3) is 0 Å². The highest BCUT2D eigenvalue weighted by molar-refractivity contribution is 6.35. The van der Waals surface area contributed by atoms with Crippen LogP contribution in [0.3, 0.4) is 0 Å². The van der Waals surface area contributed by atoms with Crippen molar-refractivity contribution >= 4 is 23.5 Å². The standard InChI is InChI=1S/C6H8ClNO3/c1-2-11-6(10)4-3(7)5(9)8-4/h3-4H,2H2,1H3,(H,8,9)/t3-,4+/m0/s1. The summed E-state index contributed by atoms with van der Waals surface area (Å²) in [6, 6.07) is -0.649. The van der Waals surface area contributed by atoms with E-state index in [0.29, 0.717) is 6.61 Å². The first kappa shape index (κ1) is 8.33. The van der Waals surface area contributed by atoms with Crippen LogP contribution in [0.1, 0.15) is 6.92 Å². The summed E-state index contributed by atoms with van der Waals surface area (Å²) in [6.45, 7) is 2.00. The molecule has 1 saturated heterocycles. The second-order valence-corrected chi connectivity index (χ2v) is 2.61. The molecule has 4 nitrogen and oxygen atoms in total. The van der Waals surface area contributed by atoms with Gasteiger partial charge < -0.3 is 10.1 Å². The number of amides is 1. The Morgan fingerprint density at radius 1 is 1.82 bits per heavy atom. The van der Waals surface area contributed by atoms with Crippen LogP contribution < -0.4 is 5.32 Å². The van der Waals surface area contributed by atoms with E-state index in [1.165, 1.54) is 0 Å². The molecule has 1 amide bonds. The number of carbonyl (C=O) groups is 2. The zero-order chi connectivity index (χ0) is 8.43. The Morgan fingerprint density at radius 2 is 2.45 bits per heavy atom. The maximum Gasteiger partial charge on any atom is 0.330 e. The number of alkyl halides is 1. The van der Waals surface area contributed by atoms with Crippen molar-refractivity contribution in [1.29, 1.82) is 0 Å². The van der Waals surface area contributed by atoms with E-state index in [-0.39, 0.29) is 5.91 Å². The molecule has 2 atom stereocenters. The Labute approximate surface area is 68.8 Å². The third kappa shape index (κ3) is 1.45. The number of hydrogen-bond acceptors (Lipinski definition) is 3. The summed E-state index contributed by atoms with van der Waals surface area (Å²) in [5, 5.41) is 1.58. The van der Waals surface area contributed by atoms with Gasteiger partial charge in [-0.15, -0.1) is 11.6 Å². The zero-order valence-electron chi connectivity index (χ0n) is 5.96. The number of hydrogen-bond donors (Lipinski definition) is 1. The Bertz CT molecular complexity index is 194. The molecule has 1 fully saturated rings. The maximum absolute atomic E-state index is 10.9. The van der Waals surface area contributed by atoms with E-state index in [1.807, 2.05) is 0 Å². The maximum atomic E-state index is 10.9. The van der Waals surface area contributed by atoms with Crippen molar-refractivity contribution < 1.29 is 14.3 Å². The molecular weight excluding hydrogens is 170 g/mol. The van der Waals surface area contributed by atoms with E-state index in [2.05, 4.69) is 10.1 Å². The lowest BCUT2D eigenvalue weighted by atomic mass is 10.1. The largest absolute Gasteiger partial charge is 0.464 e. The fourth-order valence-electron chi connectivity index (χ4n) is 0.772. The van der Waals surface area contributed by atoms with E-state index in [4.69, 9.17) is 11.6 Å². The summed E-state index contributed by atoms with van der Waals surface area (Å²) in [4.78, 5) is 21.4. The van der Waals surface area contributed by atoms with Gasteiger partial charge in [0, 0.05) is 0 Å². The van der Waals surface area contributed by atoms with Gasteiger partial charge in [0.15, 0.2) is 6.04 Å². The number of rotatable bonds is 2. The molecule has 0 radical (unpaired) electrons. The zero-order valence-corrected chi connectivity index (χ0v) is 6.72. The lowest BCUT2D eigenvalue weighted by Gasteiger charge is -2.29. The van der Waals surface area contributed by atoms with Gasteiger partial charge in [-0.05, 0) is 6.92 Å². The van der Waals surface area contributed by atoms with Gasteiger partial charge in [-0.1, -0.05) is 0 Å². The molecule has 1 aliphatic rings. The second-order valence-electron chi connectivity index (χ2n) is 2.14. The number of β-lactam (4-membered cyclic amide) rings is 1. The van der Waals surface area contributed by atoms with Gasteiger partial charge in [0.05, 0.1) is 6.61 Å². The van der Waals surface area contributed by atoms with Crippen LogP contribution in [-0.2, 0) is 14.3 Å². The predicted molar refractivity (Wildman–Crippen MR) is 38.2 cm³/mol. The normalized spacial score (nSPS) is 28.7. The average Bonchev–Trinajstić information content (AvgIpc) is 1.99. The first-order valence-electron chi connectivity index (χ1n) is 3.28. The predicted octanol–water partition coefficient (Wildman–Crippen LogP) is -0.345. The highest BCUT2D eigenvalue weighted by Crippen LogP contribution is 2.14. The van der Waals surface area contributed by atoms with E-state index >= 15 is 0 Å². The second kappa shape index (κ2) is 3.09. The van der Waals surface area contributed by atoms with Gasteiger partial charge in [0.1, 0.15) is 5.38 Å². The van der Waals surface area contributed by atoms with Crippen molar-refractivity contribution in [2.24, 2.45) is 0 Å². The Hall–Kier alpha value is -0.770. The minimum absolute atomic E-state index is 0.300. The molecule has 0 aromatic rings. The fourth-order valence-corrected chi connectivity index (χ4v) is 1.00. The Balaban J connectivity index is 2.39. The summed E-state index contributed by atoms with van der Waals surface area (Å²) in [6.07, 6.45) is 0. The van der Waals surface area contributed by atoms with Crippen LogP contribution in [-0.4, -0.2) is 29.9 Å². The van der Waals surface area contributed by atoms with E-state index in [0.717, 1.165) is 0 Å². The first-order chi connectivity index (χ1) is 5.16. The van der Waals surface area contributed by atoms with E-state index in [9.17, 15) is 9.59 Å². The van der Waals surface area contributed by atoms with Crippen LogP contribution in [0.4, 0.5) is 0 Å².